The van der Waals surface area contributed by atoms with Gasteiger partial charge in [-0.05, 0) is 24.6 Å². The van der Waals surface area contributed by atoms with Crippen molar-refractivity contribution in [2.24, 2.45) is 0 Å². The molecule has 1 N–H and O–H groups in total. The van der Waals surface area contributed by atoms with Crippen LogP contribution < -0.4 is 0 Å². The molecule has 0 aliphatic heterocycles. The van der Waals surface area contributed by atoms with Crippen LogP contribution in [0.3, 0.4) is 0 Å². The van der Waals surface area contributed by atoms with Crippen molar-refractivity contribution in [2.45, 2.75) is 19.7 Å². The lowest BCUT2D eigenvalue weighted by Crippen LogP contribution is -2.07. The number of hydrogen-bond acceptors (Lipinski definition) is 3. The number of aromatic nitrogens is 3. The van der Waals surface area contributed by atoms with Crippen molar-refractivity contribution in [1.29, 1.82) is 0 Å². The number of halogens is 3. The van der Waals surface area contributed by atoms with Crippen LogP contribution >= 0.6 is 0 Å². The maximum atomic E-state index is 12.6. The average molecular weight is 257 g/mol. The van der Waals surface area contributed by atoms with Crippen LogP contribution in [0.1, 0.15) is 16.8 Å². The van der Waals surface area contributed by atoms with Crippen molar-refractivity contribution in [3.05, 3.63) is 41.2 Å². The summed E-state index contributed by atoms with van der Waals surface area (Å²) in [6.45, 7) is 1.37. The highest BCUT2D eigenvalue weighted by Gasteiger charge is 2.31. The van der Waals surface area contributed by atoms with Crippen LogP contribution in [0.4, 0.5) is 13.2 Å². The van der Waals surface area contributed by atoms with Gasteiger partial charge in [0.2, 0.25) is 0 Å². The number of nitrogens with zero attached hydrogens (tertiary/aromatic N) is 3. The SMILES string of the molecule is Cc1ccc(C(F)(F)F)cc1-n1cc(CO)nn1. The third-order valence-corrected chi connectivity index (χ3v) is 2.49. The van der Waals surface area contributed by atoms with Crippen LogP contribution in [0.15, 0.2) is 24.4 Å². The number of alkyl halides is 3. The number of aliphatic hydroxyl groups is 1. The van der Waals surface area contributed by atoms with Crippen LogP contribution in [0.5, 0.6) is 0 Å². The third-order valence-electron chi connectivity index (χ3n) is 2.49. The molecule has 1 heterocycles. The Hall–Kier alpha value is -1.89. The molecule has 2 aromatic rings. The van der Waals surface area contributed by atoms with Gasteiger partial charge in [0.15, 0.2) is 0 Å². The van der Waals surface area contributed by atoms with Gasteiger partial charge in [-0.2, -0.15) is 13.2 Å². The molecule has 7 heteroatoms. The second kappa shape index (κ2) is 4.41. The Morgan fingerprint density at radius 1 is 1.33 bits per heavy atom. The summed E-state index contributed by atoms with van der Waals surface area (Å²) in [6, 6.07) is 3.40. The lowest BCUT2D eigenvalue weighted by molar-refractivity contribution is -0.137. The van der Waals surface area contributed by atoms with Gasteiger partial charge in [0.1, 0.15) is 5.69 Å². The molecule has 0 amide bonds. The van der Waals surface area contributed by atoms with Crippen LogP contribution in [0.2, 0.25) is 0 Å². The fraction of sp³-hybridized carbons (Fsp3) is 0.273. The number of rotatable bonds is 2. The highest BCUT2D eigenvalue weighted by molar-refractivity contribution is 5.43. The van der Waals surface area contributed by atoms with Gasteiger partial charge in [-0.3, -0.25) is 0 Å². The smallest absolute Gasteiger partial charge is 0.390 e. The molecule has 1 aromatic heterocycles. The fourth-order valence-corrected chi connectivity index (χ4v) is 1.52. The lowest BCUT2D eigenvalue weighted by atomic mass is 10.1. The minimum absolute atomic E-state index is 0.289. The van der Waals surface area contributed by atoms with Gasteiger partial charge in [0.05, 0.1) is 24.1 Å². The Balaban J connectivity index is 2.49. The van der Waals surface area contributed by atoms with Crippen LogP contribution in [-0.2, 0) is 12.8 Å². The second-order valence-corrected chi connectivity index (χ2v) is 3.81. The summed E-state index contributed by atoms with van der Waals surface area (Å²) in [5.41, 5.74) is 0.477. The predicted molar refractivity (Wildman–Crippen MR) is 57.0 cm³/mol. The summed E-state index contributed by atoms with van der Waals surface area (Å²) < 4.78 is 39.0. The summed E-state index contributed by atoms with van der Waals surface area (Å²) in [5.74, 6) is 0. The van der Waals surface area contributed by atoms with Crippen molar-refractivity contribution in [3.63, 3.8) is 0 Å². The summed E-state index contributed by atoms with van der Waals surface area (Å²) in [5, 5.41) is 16.2. The highest BCUT2D eigenvalue weighted by atomic mass is 19.4. The van der Waals surface area contributed by atoms with Crippen molar-refractivity contribution in [2.75, 3.05) is 0 Å². The average Bonchev–Trinajstić information content (AvgIpc) is 2.76. The Bertz CT molecular complexity index is 563. The minimum atomic E-state index is -4.40. The van der Waals surface area contributed by atoms with E-state index in [2.05, 4.69) is 10.3 Å². The molecule has 0 radical (unpaired) electrons. The topological polar surface area (TPSA) is 50.9 Å². The molecule has 2 rings (SSSR count). The molecule has 0 bridgehead atoms. The predicted octanol–water partition coefficient (Wildman–Crippen LogP) is 2.09. The summed E-state index contributed by atoms with van der Waals surface area (Å²) in [6.07, 6.45) is -3.01. The van der Waals surface area contributed by atoms with Gasteiger partial charge in [-0.15, -0.1) is 5.10 Å². The second-order valence-electron chi connectivity index (χ2n) is 3.81. The van der Waals surface area contributed by atoms with E-state index in [0.29, 0.717) is 11.3 Å². The van der Waals surface area contributed by atoms with E-state index in [1.165, 1.54) is 16.9 Å². The minimum Gasteiger partial charge on any atom is -0.390 e. The van der Waals surface area contributed by atoms with E-state index >= 15 is 0 Å². The maximum absolute atomic E-state index is 12.6. The molecule has 0 aliphatic carbocycles. The van der Waals surface area contributed by atoms with Gasteiger partial charge in [-0.1, -0.05) is 11.3 Å². The normalized spacial score (nSPS) is 11.8. The van der Waals surface area contributed by atoms with Gasteiger partial charge in [-0.25, -0.2) is 4.68 Å². The van der Waals surface area contributed by atoms with Gasteiger partial charge >= 0.3 is 6.18 Å². The van der Waals surface area contributed by atoms with Gasteiger partial charge < -0.3 is 5.11 Å². The highest BCUT2D eigenvalue weighted by Crippen LogP contribution is 2.31. The largest absolute Gasteiger partial charge is 0.416 e. The van der Waals surface area contributed by atoms with Crippen molar-refractivity contribution < 1.29 is 18.3 Å². The molecule has 0 saturated heterocycles. The Kier molecular flexibility index (Phi) is 3.08. The first kappa shape index (κ1) is 12.6. The van der Waals surface area contributed by atoms with E-state index < -0.39 is 11.7 Å². The van der Waals surface area contributed by atoms with Crippen LogP contribution in [0.25, 0.3) is 5.69 Å². The zero-order valence-electron chi connectivity index (χ0n) is 9.44. The monoisotopic (exact) mass is 257 g/mol. The molecule has 18 heavy (non-hydrogen) atoms. The van der Waals surface area contributed by atoms with Crippen molar-refractivity contribution in [3.8, 4) is 5.69 Å². The van der Waals surface area contributed by atoms with Crippen LogP contribution in [0, 0.1) is 6.92 Å². The molecule has 1 aromatic carbocycles. The van der Waals surface area contributed by atoms with E-state index in [9.17, 15) is 13.2 Å². The van der Waals surface area contributed by atoms with Crippen molar-refractivity contribution >= 4 is 0 Å². The number of hydrogen-bond donors (Lipinski definition) is 1. The standard InChI is InChI=1S/C11H10F3N3O/c1-7-2-3-8(11(12,13)14)4-10(7)17-5-9(6-18)15-16-17/h2-5,18H,6H2,1H3. The van der Waals surface area contributed by atoms with E-state index in [4.69, 9.17) is 5.11 Å². The molecule has 0 saturated carbocycles. The molecule has 0 aliphatic rings. The first-order valence-corrected chi connectivity index (χ1v) is 5.12. The van der Waals surface area contributed by atoms with E-state index in [0.717, 1.165) is 12.1 Å². The van der Waals surface area contributed by atoms with Gasteiger partial charge in [0, 0.05) is 0 Å². The first-order valence-electron chi connectivity index (χ1n) is 5.12. The molecule has 4 nitrogen and oxygen atoms in total. The third kappa shape index (κ3) is 2.35. The van der Waals surface area contributed by atoms with Crippen LogP contribution in [-0.4, -0.2) is 20.1 Å². The van der Waals surface area contributed by atoms with E-state index in [1.54, 1.807) is 6.92 Å². The Morgan fingerprint density at radius 3 is 2.61 bits per heavy atom. The zero-order valence-corrected chi connectivity index (χ0v) is 9.44. The molecule has 0 atom stereocenters. The molecular weight excluding hydrogens is 247 g/mol. The van der Waals surface area contributed by atoms with E-state index in [1.807, 2.05) is 0 Å². The quantitative estimate of drug-likeness (QED) is 0.896. The first-order chi connectivity index (χ1) is 8.41. The van der Waals surface area contributed by atoms with Gasteiger partial charge in [0.25, 0.3) is 0 Å². The molecule has 0 fully saturated rings. The molecule has 96 valence electrons. The summed E-state index contributed by atoms with van der Waals surface area (Å²) in [4.78, 5) is 0. The number of aliphatic hydroxyl groups excluding tert-OH is 1. The zero-order chi connectivity index (χ0) is 13.3. The summed E-state index contributed by atoms with van der Waals surface area (Å²) in [7, 11) is 0. The molecular formula is C11H10F3N3O. The lowest BCUT2D eigenvalue weighted by Gasteiger charge is -2.10. The fourth-order valence-electron chi connectivity index (χ4n) is 1.52. The van der Waals surface area contributed by atoms with Crippen molar-refractivity contribution in [1.82, 2.24) is 15.0 Å². The maximum Gasteiger partial charge on any atom is 0.416 e. The Morgan fingerprint density at radius 2 is 2.06 bits per heavy atom. The number of benzene rings is 1. The number of aryl methyl sites for hydroxylation is 1. The molecule has 0 spiro atoms. The Labute approximate surface area is 101 Å². The van der Waals surface area contributed by atoms with E-state index in [-0.39, 0.29) is 12.3 Å². The molecule has 0 unspecified atom stereocenters. The summed E-state index contributed by atoms with van der Waals surface area (Å²) >= 11 is 0.